The third-order valence-corrected chi connectivity index (χ3v) is 3.80. The first-order chi connectivity index (χ1) is 12.4. The van der Waals surface area contributed by atoms with Crippen molar-refractivity contribution in [3.63, 3.8) is 0 Å². The molecule has 5 nitrogen and oxygen atoms in total. The van der Waals surface area contributed by atoms with E-state index in [4.69, 9.17) is 4.74 Å². The van der Waals surface area contributed by atoms with Gasteiger partial charge in [-0.3, -0.25) is 9.78 Å². The molecule has 26 heavy (non-hydrogen) atoms. The summed E-state index contributed by atoms with van der Waals surface area (Å²) in [5.74, 6) is -0.682. The highest BCUT2D eigenvalue weighted by Gasteiger charge is 2.37. The molecule has 134 valence electrons. The molecular formula is C18H13F3N2O3. The van der Waals surface area contributed by atoms with E-state index in [2.05, 4.69) is 4.98 Å². The molecule has 1 aliphatic rings. The van der Waals surface area contributed by atoms with Crippen LogP contribution in [0.3, 0.4) is 0 Å². The number of pyridine rings is 1. The van der Waals surface area contributed by atoms with Crippen molar-refractivity contribution in [2.24, 2.45) is 0 Å². The van der Waals surface area contributed by atoms with Gasteiger partial charge in [0.05, 0.1) is 5.56 Å². The van der Waals surface area contributed by atoms with Gasteiger partial charge in [0.15, 0.2) is 0 Å². The highest BCUT2D eigenvalue weighted by Crippen LogP contribution is 2.30. The predicted octanol–water partition coefficient (Wildman–Crippen LogP) is 3.83. The number of hydrogen-bond donors (Lipinski definition) is 0. The van der Waals surface area contributed by atoms with Gasteiger partial charge >= 0.3 is 12.3 Å². The Hall–Kier alpha value is -3.16. The fourth-order valence-corrected chi connectivity index (χ4v) is 2.54. The minimum absolute atomic E-state index is 0.0214. The molecule has 2 amide bonds. The molecule has 0 spiro atoms. The summed E-state index contributed by atoms with van der Waals surface area (Å²) in [6.45, 7) is 0.0214. The molecule has 0 saturated carbocycles. The van der Waals surface area contributed by atoms with Gasteiger partial charge in [0.25, 0.3) is 5.91 Å². The maximum Gasteiger partial charge on any atom is 0.417 e. The van der Waals surface area contributed by atoms with Gasteiger partial charge in [-0.2, -0.15) is 13.2 Å². The van der Waals surface area contributed by atoms with Crippen molar-refractivity contribution in [3.05, 3.63) is 71.6 Å². The molecule has 8 heteroatoms. The SMILES string of the molecule is O=C(C=Cc1cncc(C(F)(F)F)c1)N1C(=O)OCC1c1ccccc1. The van der Waals surface area contributed by atoms with Crippen LogP contribution < -0.4 is 0 Å². The molecule has 1 fully saturated rings. The molecule has 0 aliphatic carbocycles. The molecule has 1 aromatic heterocycles. The standard InChI is InChI=1S/C18H13F3N2O3/c19-18(20,21)14-8-12(9-22-10-14)6-7-16(24)23-15(11-26-17(23)25)13-4-2-1-3-5-13/h1-10,15H,11H2. The third-order valence-electron chi connectivity index (χ3n) is 3.80. The number of amides is 2. The summed E-state index contributed by atoms with van der Waals surface area (Å²) in [5, 5.41) is 0. The van der Waals surface area contributed by atoms with Crippen molar-refractivity contribution < 1.29 is 27.5 Å². The number of ether oxygens (including phenoxy) is 1. The molecule has 1 aliphatic heterocycles. The van der Waals surface area contributed by atoms with Crippen LogP contribution in [-0.4, -0.2) is 28.5 Å². The van der Waals surface area contributed by atoms with Crippen molar-refractivity contribution in [1.29, 1.82) is 0 Å². The Kier molecular flexibility index (Phi) is 4.75. The van der Waals surface area contributed by atoms with E-state index >= 15 is 0 Å². The maximum atomic E-state index is 12.7. The second-order valence-electron chi connectivity index (χ2n) is 5.55. The molecular weight excluding hydrogens is 349 g/mol. The number of carbonyl (C=O) groups is 2. The first-order valence-corrected chi connectivity index (χ1v) is 7.61. The van der Waals surface area contributed by atoms with Crippen LogP contribution in [0, 0.1) is 0 Å². The second kappa shape index (κ2) is 6.99. The highest BCUT2D eigenvalue weighted by atomic mass is 19.4. The van der Waals surface area contributed by atoms with Crippen LogP contribution in [0.2, 0.25) is 0 Å². The minimum Gasteiger partial charge on any atom is -0.446 e. The van der Waals surface area contributed by atoms with Gasteiger partial charge in [0.1, 0.15) is 12.6 Å². The van der Waals surface area contributed by atoms with Gasteiger partial charge < -0.3 is 4.74 Å². The number of imide groups is 1. The van der Waals surface area contributed by atoms with Gasteiger partial charge in [0, 0.05) is 18.5 Å². The van der Waals surface area contributed by atoms with Crippen LogP contribution in [0.1, 0.15) is 22.7 Å². The Bertz CT molecular complexity index is 850. The lowest BCUT2D eigenvalue weighted by Crippen LogP contribution is -2.32. The van der Waals surface area contributed by atoms with Crippen LogP contribution in [0.25, 0.3) is 6.08 Å². The smallest absolute Gasteiger partial charge is 0.417 e. The zero-order chi connectivity index (χ0) is 18.7. The highest BCUT2D eigenvalue weighted by molar-refractivity contribution is 6.02. The molecule has 2 heterocycles. The number of cyclic esters (lactones) is 1. The maximum absolute atomic E-state index is 12.7. The van der Waals surface area contributed by atoms with E-state index in [1.54, 1.807) is 30.3 Å². The van der Waals surface area contributed by atoms with Crippen LogP contribution in [0.4, 0.5) is 18.0 Å². The predicted molar refractivity (Wildman–Crippen MR) is 85.7 cm³/mol. The van der Waals surface area contributed by atoms with Gasteiger partial charge in [-0.25, -0.2) is 9.69 Å². The first-order valence-electron chi connectivity index (χ1n) is 7.61. The lowest BCUT2D eigenvalue weighted by molar-refractivity contribution is -0.137. The Balaban J connectivity index is 1.80. The molecule has 1 aromatic carbocycles. The van der Waals surface area contributed by atoms with Crippen molar-refractivity contribution in [2.75, 3.05) is 6.61 Å². The number of rotatable bonds is 3. The second-order valence-corrected chi connectivity index (χ2v) is 5.55. The Morgan fingerprint density at radius 2 is 1.96 bits per heavy atom. The third kappa shape index (κ3) is 3.74. The normalized spacial score (nSPS) is 17.6. The van der Waals surface area contributed by atoms with Gasteiger partial charge in [0.2, 0.25) is 0 Å². The number of nitrogens with zero attached hydrogens (tertiary/aromatic N) is 2. The number of alkyl halides is 3. The Labute approximate surface area is 146 Å². The van der Waals surface area contributed by atoms with Crippen LogP contribution in [0.15, 0.2) is 54.9 Å². The molecule has 2 aromatic rings. The van der Waals surface area contributed by atoms with E-state index in [0.717, 1.165) is 22.6 Å². The zero-order valence-corrected chi connectivity index (χ0v) is 13.3. The number of halogens is 3. The number of carbonyl (C=O) groups excluding carboxylic acids is 2. The minimum atomic E-state index is -4.53. The summed E-state index contributed by atoms with van der Waals surface area (Å²) in [7, 11) is 0. The summed E-state index contributed by atoms with van der Waals surface area (Å²) in [4.78, 5) is 28.7. The van der Waals surface area contributed by atoms with E-state index in [1.165, 1.54) is 12.3 Å². The molecule has 1 saturated heterocycles. The summed E-state index contributed by atoms with van der Waals surface area (Å²) in [5.41, 5.74) is -0.104. The summed E-state index contributed by atoms with van der Waals surface area (Å²) < 4.78 is 43.0. The molecule has 3 rings (SSSR count). The Morgan fingerprint density at radius 3 is 2.65 bits per heavy atom. The largest absolute Gasteiger partial charge is 0.446 e. The summed E-state index contributed by atoms with van der Waals surface area (Å²) in [6.07, 6.45) is -1.23. The number of aromatic nitrogens is 1. The van der Waals surface area contributed by atoms with E-state index in [1.807, 2.05) is 0 Å². The topological polar surface area (TPSA) is 59.5 Å². The quantitative estimate of drug-likeness (QED) is 0.779. The number of benzene rings is 1. The first kappa shape index (κ1) is 17.7. The fraction of sp³-hybridized carbons (Fsp3) is 0.167. The van der Waals surface area contributed by atoms with Crippen molar-refractivity contribution in [3.8, 4) is 0 Å². The zero-order valence-electron chi connectivity index (χ0n) is 13.3. The van der Waals surface area contributed by atoms with Crippen molar-refractivity contribution in [2.45, 2.75) is 12.2 Å². The van der Waals surface area contributed by atoms with E-state index < -0.39 is 29.8 Å². The number of hydrogen-bond acceptors (Lipinski definition) is 4. The van der Waals surface area contributed by atoms with Crippen molar-refractivity contribution in [1.82, 2.24) is 9.88 Å². The van der Waals surface area contributed by atoms with Gasteiger partial charge in [-0.15, -0.1) is 0 Å². The molecule has 1 atom stereocenters. The van der Waals surface area contributed by atoms with Crippen molar-refractivity contribution >= 4 is 18.1 Å². The van der Waals surface area contributed by atoms with Gasteiger partial charge in [-0.1, -0.05) is 30.3 Å². The van der Waals surface area contributed by atoms with E-state index in [-0.39, 0.29) is 12.2 Å². The molecule has 0 N–H and O–H groups in total. The molecule has 0 radical (unpaired) electrons. The van der Waals surface area contributed by atoms with Gasteiger partial charge in [-0.05, 0) is 23.3 Å². The van der Waals surface area contributed by atoms with Crippen LogP contribution in [0.5, 0.6) is 0 Å². The fourth-order valence-electron chi connectivity index (χ4n) is 2.54. The molecule has 0 bridgehead atoms. The molecule has 1 unspecified atom stereocenters. The monoisotopic (exact) mass is 362 g/mol. The van der Waals surface area contributed by atoms with E-state index in [9.17, 15) is 22.8 Å². The lowest BCUT2D eigenvalue weighted by atomic mass is 10.1. The lowest BCUT2D eigenvalue weighted by Gasteiger charge is -2.18. The Morgan fingerprint density at radius 1 is 1.23 bits per heavy atom. The average Bonchev–Trinajstić information content (AvgIpc) is 3.01. The summed E-state index contributed by atoms with van der Waals surface area (Å²) in [6, 6.07) is 9.14. The summed E-state index contributed by atoms with van der Waals surface area (Å²) >= 11 is 0. The van der Waals surface area contributed by atoms with Crippen LogP contribution >= 0.6 is 0 Å². The van der Waals surface area contributed by atoms with E-state index in [0.29, 0.717) is 6.20 Å². The van der Waals surface area contributed by atoms with Crippen LogP contribution in [-0.2, 0) is 15.7 Å². The average molecular weight is 362 g/mol.